The molecule has 2 N–H and O–H groups in total. The lowest BCUT2D eigenvalue weighted by atomic mass is 10.2. The van der Waals surface area contributed by atoms with Crippen LogP contribution >= 0.6 is 12.2 Å². The lowest BCUT2D eigenvalue weighted by Gasteiger charge is -2.11. The van der Waals surface area contributed by atoms with Gasteiger partial charge in [-0.2, -0.15) is 0 Å². The Kier molecular flexibility index (Phi) is 3.62. The first-order valence-electron chi connectivity index (χ1n) is 5.75. The van der Waals surface area contributed by atoms with Crippen LogP contribution < -0.4 is 5.32 Å². The van der Waals surface area contributed by atoms with Crippen molar-refractivity contribution in [1.29, 1.82) is 0 Å². The number of aromatic hydroxyl groups is 1. The van der Waals surface area contributed by atoms with E-state index in [0.29, 0.717) is 17.4 Å². The Morgan fingerprint density at radius 1 is 1.39 bits per heavy atom. The van der Waals surface area contributed by atoms with Gasteiger partial charge in [0.15, 0.2) is 5.11 Å². The van der Waals surface area contributed by atoms with Crippen molar-refractivity contribution >= 4 is 29.3 Å². The quantitative estimate of drug-likeness (QED) is 0.645. The molecule has 0 atom stereocenters. The van der Waals surface area contributed by atoms with Crippen LogP contribution in [0.4, 0.5) is 0 Å². The summed E-state index contributed by atoms with van der Waals surface area (Å²) in [5, 5.41) is 12.6. The second-order valence-electron chi connectivity index (χ2n) is 4.04. The Morgan fingerprint density at radius 3 is 2.67 bits per heavy atom. The van der Waals surface area contributed by atoms with E-state index in [1.807, 2.05) is 6.92 Å². The van der Waals surface area contributed by atoms with Gasteiger partial charge in [0.25, 0.3) is 5.91 Å². The van der Waals surface area contributed by atoms with Crippen LogP contribution in [0.2, 0.25) is 0 Å². The Morgan fingerprint density at radius 2 is 2.06 bits per heavy atom. The minimum Gasteiger partial charge on any atom is -0.508 e. The molecular formula is C13H14N2O2S. The predicted octanol–water partition coefficient (Wildman–Crippen LogP) is 1.86. The molecule has 1 aliphatic rings. The van der Waals surface area contributed by atoms with Crippen molar-refractivity contribution in [1.82, 2.24) is 10.2 Å². The lowest BCUT2D eigenvalue weighted by Crippen LogP contribution is -2.31. The van der Waals surface area contributed by atoms with Gasteiger partial charge in [0.2, 0.25) is 0 Å². The lowest BCUT2D eigenvalue weighted by molar-refractivity contribution is -0.122. The maximum atomic E-state index is 12.0. The molecule has 2 rings (SSSR count). The third kappa shape index (κ3) is 2.51. The average Bonchev–Trinajstić information content (AvgIpc) is 2.60. The van der Waals surface area contributed by atoms with Gasteiger partial charge < -0.3 is 10.4 Å². The largest absolute Gasteiger partial charge is 0.508 e. The van der Waals surface area contributed by atoms with Gasteiger partial charge >= 0.3 is 0 Å². The summed E-state index contributed by atoms with van der Waals surface area (Å²) >= 11 is 5.11. The Balaban J connectivity index is 2.22. The average molecular weight is 262 g/mol. The summed E-state index contributed by atoms with van der Waals surface area (Å²) in [6.07, 6.45) is 2.59. The molecule has 1 amide bonds. The minimum absolute atomic E-state index is 0.102. The van der Waals surface area contributed by atoms with Crippen molar-refractivity contribution in [2.24, 2.45) is 0 Å². The first-order chi connectivity index (χ1) is 8.61. The van der Waals surface area contributed by atoms with Crippen LogP contribution in [0, 0.1) is 0 Å². The molecule has 0 radical (unpaired) electrons. The number of rotatable bonds is 3. The number of amides is 1. The smallest absolute Gasteiger partial charge is 0.276 e. The number of hydrogen-bond donors (Lipinski definition) is 2. The van der Waals surface area contributed by atoms with E-state index in [1.165, 1.54) is 0 Å². The first-order valence-corrected chi connectivity index (χ1v) is 6.16. The molecule has 0 aromatic heterocycles. The summed E-state index contributed by atoms with van der Waals surface area (Å²) in [4.78, 5) is 13.6. The fraction of sp³-hybridized carbons (Fsp3) is 0.231. The zero-order valence-corrected chi connectivity index (χ0v) is 10.8. The molecule has 94 valence electrons. The molecule has 4 nitrogen and oxygen atoms in total. The summed E-state index contributed by atoms with van der Waals surface area (Å²) < 4.78 is 0. The highest BCUT2D eigenvalue weighted by molar-refractivity contribution is 7.80. The zero-order valence-electron chi connectivity index (χ0n) is 10.0. The molecular weight excluding hydrogens is 248 g/mol. The van der Waals surface area contributed by atoms with Gasteiger partial charge in [0, 0.05) is 6.54 Å². The van der Waals surface area contributed by atoms with Crippen molar-refractivity contribution in [3.05, 3.63) is 35.5 Å². The molecule has 18 heavy (non-hydrogen) atoms. The summed E-state index contributed by atoms with van der Waals surface area (Å²) in [5.41, 5.74) is 1.31. The van der Waals surface area contributed by atoms with Gasteiger partial charge in [-0.05, 0) is 42.4 Å². The molecule has 1 fully saturated rings. The molecule has 1 aliphatic heterocycles. The van der Waals surface area contributed by atoms with E-state index in [9.17, 15) is 9.90 Å². The van der Waals surface area contributed by atoms with E-state index in [0.717, 1.165) is 12.0 Å². The van der Waals surface area contributed by atoms with Crippen LogP contribution in [-0.2, 0) is 4.79 Å². The van der Waals surface area contributed by atoms with Crippen molar-refractivity contribution in [2.45, 2.75) is 13.3 Å². The number of phenolic OH excluding ortho intramolecular Hbond substituents is 1. The van der Waals surface area contributed by atoms with Crippen LogP contribution in [0.25, 0.3) is 6.08 Å². The molecule has 0 aliphatic carbocycles. The van der Waals surface area contributed by atoms with E-state index >= 15 is 0 Å². The van der Waals surface area contributed by atoms with E-state index < -0.39 is 0 Å². The highest BCUT2D eigenvalue weighted by atomic mass is 32.1. The van der Waals surface area contributed by atoms with Gasteiger partial charge in [-0.15, -0.1) is 0 Å². The highest BCUT2D eigenvalue weighted by Gasteiger charge is 2.29. The topological polar surface area (TPSA) is 52.6 Å². The van der Waals surface area contributed by atoms with Crippen molar-refractivity contribution in [3.8, 4) is 5.75 Å². The van der Waals surface area contributed by atoms with Crippen LogP contribution in [0.1, 0.15) is 18.9 Å². The number of hydrogen-bond acceptors (Lipinski definition) is 3. The number of phenols is 1. The normalized spacial score (nSPS) is 17.4. The van der Waals surface area contributed by atoms with Crippen molar-refractivity contribution in [2.75, 3.05) is 6.54 Å². The Hall–Kier alpha value is -1.88. The van der Waals surface area contributed by atoms with E-state index in [2.05, 4.69) is 5.32 Å². The summed E-state index contributed by atoms with van der Waals surface area (Å²) in [7, 11) is 0. The van der Waals surface area contributed by atoms with Crippen LogP contribution in [-0.4, -0.2) is 27.6 Å². The second kappa shape index (κ2) is 5.18. The SMILES string of the molecule is CCCN1C(=O)/C(=C/c2ccc(O)cc2)NC1=S. The van der Waals surface area contributed by atoms with E-state index in [-0.39, 0.29) is 11.7 Å². The predicted molar refractivity (Wildman–Crippen MR) is 73.8 cm³/mol. The standard InChI is InChI=1S/C13H14N2O2S/c1-2-7-15-12(17)11(14-13(15)18)8-9-3-5-10(16)6-4-9/h3-6,8,16H,2,7H2,1H3,(H,14,18)/b11-8-. The minimum atomic E-state index is -0.102. The van der Waals surface area contributed by atoms with Crippen molar-refractivity contribution < 1.29 is 9.90 Å². The maximum absolute atomic E-state index is 12.0. The third-order valence-electron chi connectivity index (χ3n) is 2.61. The van der Waals surface area contributed by atoms with Gasteiger partial charge in [0.1, 0.15) is 11.4 Å². The Labute approximate surface area is 111 Å². The van der Waals surface area contributed by atoms with Gasteiger partial charge in [0.05, 0.1) is 0 Å². The number of nitrogens with zero attached hydrogens (tertiary/aromatic N) is 1. The number of nitrogens with one attached hydrogen (secondary N) is 1. The van der Waals surface area contributed by atoms with Crippen molar-refractivity contribution in [3.63, 3.8) is 0 Å². The monoisotopic (exact) mass is 262 g/mol. The van der Waals surface area contributed by atoms with Crippen LogP contribution in [0.15, 0.2) is 30.0 Å². The summed E-state index contributed by atoms with van der Waals surface area (Å²) in [6.45, 7) is 2.62. The molecule has 0 unspecified atom stereocenters. The fourth-order valence-corrected chi connectivity index (χ4v) is 2.02. The number of benzene rings is 1. The molecule has 1 aromatic rings. The second-order valence-corrected chi connectivity index (χ2v) is 4.42. The van der Waals surface area contributed by atoms with Gasteiger partial charge in [-0.25, -0.2) is 0 Å². The van der Waals surface area contributed by atoms with Gasteiger partial charge in [-0.1, -0.05) is 19.1 Å². The van der Waals surface area contributed by atoms with Crippen LogP contribution in [0.3, 0.4) is 0 Å². The first kappa shape index (κ1) is 12.6. The number of carbonyl (C=O) groups is 1. The third-order valence-corrected chi connectivity index (χ3v) is 2.94. The van der Waals surface area contributed by atoms with E-state index in [4.69, 9.17) is 12.2 Å². The Bertz CT molecular complexity index is 508. The highest BCUT2D eigenvalue weighted by Crippen LogP contribution is 2.16. The van der Waals surface area contributed by atoms with Crippen LogP contribution in [0.5, 0.6) is 5.75 Å². The number of carbonyl (C=O) groups excluding carboxylic acids is 1. The zero-order chi connectivity index (χ0) is 13.1. The molecule has 1 saturated heterocycles. The molecule has 0 bridgehead atoms. The van der Waals surface area contributed by atoms with E-state index in [1.54, 1.807) is 35.2 Å². The molecule has 0 saturated carbocycles. The fourth-order valence-electron chi connectivity index (χ4n) is 1.74. The maximum Gasteiger partial charge on any atom is 0.276 e. The number of thiocarbonyl (C=S) groups is 1. The summed E-state index contributed by atoms with van der Waals surface area (Å²) in [6, 6.07) is 6.63. The molecule has 1 aromatic carbocycles. The molecule has 5 heteroatoms. The molecule has 1 heterocycles. The summed E-state index contributed by atoms with van der Waals surface area (Å²) in [5.74, 6) is 0.0981. The van der Waals surface area contributed by atoms with Gasteiger partial charge in [-0.3, -0.25) is 9.69 Å². The molecule has 0 spiro atoms.